The second kappa shape index (κ2) is 24.2. The van der Waals surface area contributed by atoms with Crippen molar-refractivity contribution in [3.05, 3.63) is 5.41 Å². The Morgan fingerprint density at radius 3 is 1.78 bits per heavy atom. The maximum Gasteiger partial charge on any atom is 0.0383 e. The van der Waals surface area contributed by atoms with Gasteiger partial charge in [-0.05, 0) is 6.92 Å². The van der Waals surface area contributed by atoms with Crippen LogP contribution in [0.2, 0.25) is 0 Å². The van der Waals surface area contributed by atoms with Crippen LogP contribution in [0.3, 0.4) is 0 Å². The van der Waals surface area contributed by atoms with E-state index < -0.39 is 5.97 Å². The minimum Gasteiger partial charge on any atom is -0.753 e. The average molecular weight is 248 g/mol. The van der Waals surface area contributed by atoms with E-state index in [-0.39, 0.29) is 33.4 Å². The third-order valence-electron chi connectivity index (χ3n) is 0. The first-order valence-corrected chi connectivity index (χ1v) is 1.74. The van der Waals surface area contributed by atoms with Gasteiger partial charge < -0.3 is 21.5 Å². The van der Waals surface area contributed by atoms with E-state index in [2.05, 4.69) is 12.2 Å². The monoisotopic (exact) mass is 249 g/mol. The molecule has 0 aliphatic carbocycles. The van der Waals surface area contributed by atoms with Crippen LogP contribution in [0, 0.1) is 0 Å². The van der Waals surface area contributed by atoms with Gasteiger partial charge in [0.1, 0.15) is 0 Å². The zero-order valence-corrected chi connectivity index (χ0v) is 10.2. The molecule has 9 heavy (non-hydrogen) atoms. The van der Waals surface area contributed by atoms with Crippen molar-refractivity contribution in [2.45, 2.75) is 6.92 Å². The summed E-state index contributed by atoms with van der Waals surface area (Å²) in [7, 11) is 0. The van der Waals surface area contributed by atoms with Crippen molar-refractivity contribution in [1.82, 2.24) is 6.15 Å². The Labute approximate surface area is 78.9 Å². The summed E-state index contributed by atoms with van der Waals surface area (Å²) in [6, 6.07) is 0. The molecule has 4 N–H and O–H groups in total. The largest absolute Gasteiger partial charge is 0.753 e. The Bertz CT molecular complexity index is 87.8. The molecule has 0 atom stereocenters. The number of hydrogen-bond donors (Lipinski definition) is 1. The molecule has 0 rings (SSSR count). The van der Waals surface area contributed by atoms with Crippen LogP contribution in [-0.4, -0.2) is 11.1 Å². The first-order valence-electron chi connectivity index (χ1n) is 1.34. The van der Waals surface area contributed by atoms with Crippen LogP contribution in [0.4, 0.5) is 0 Å². The number of nitrogens with zero attached hydrogens (tertiary/aromatic N) is 1. The molecule has 0 spiro atoms. The minimum absolute atomic E-state index is 0. The fourth-order valence-electron chi connectivity index (χ4n) is 0. The molecule has 0 fully saturated rings. The molecule has 0 aliphatic rings. The smallest absolute Gasteiger partial charge is 0.0383 e. The molecule has 0 heterocycles. The topological polar surface area (TPSA) is 98.9 Å². The predicted octanol–water partition coefficient (Wildman–Crippen LogP) is -0.212. The summed E-state index contributed by atoms with van der Waals surface area (Å²) in [5, 5.41) is 17.4. The van der Waals surface area contributed by atoms with Crippen molar-refractivity contribution in [3.63, 3.8) is 0 Å². The Hall–Kier alpha value is 0.152. The number of isothiocyanates is 1. The Morgan fingerprint density at radius 1 is 1.78 bits per heavy atom. The van der Waals surface area contributed by atoms with E-state index in [4.69, 9.17) is 15.3 Å². The SMILES string of the molecule is CC(=O)[O-].[Cd].[N-]=C=S.[NH4+]. The summed E-state index contributed by atoms with van der Waals surface area (Å²) >= 11 is 3.70. The van der Waals surface area contributed by atoms with E-state index >= 15 is 0 Å². The molecule has 0 unspecified atom stereocenters. The molecule has 0 aromatic rings. The number of carbonyl (C=O) groups excluding carboxylic acids is 1. The molecule has 4 nitrogen and oxygen atoms in total. The average Bonchev–Trinajstić information content (AvgIpc) is 1.33. The maximum atomic E-state index is 8.89. The molecule has 50 valence electrons. The standard InChI is InChI=1S/C2H4O2.CNS.Cd.H3N/c1-2(3)4;2-1-3;;/h1H3,(H,3,4);;;1H3/q;-1;;. The van der Waals surface area contributed by atoms with E-state index in [9.17, 15) is 0 Å². The van der Waals surface area contributed by atoms with Gasteiger partial charge >= 0.3 is 0 Å². The number of carboxylic acid groups (broad SMARTS) is 1. The Balaban J connectivity index is -0.0000000233. The summed E-state index contributed by atoms with van der Waals surface area (Å²) in [4.78, 5) is 8.89. The first-order chi connectivity index (χ1) is 3.15. The first kappa shape index (κ1) is 22.9. The van der Waals surface area contributed by atoms with Gasteiger partial charge in [0, 0.05) is 33.3 Å². The van der Waals surface area contributed by atoms with Gasteiger partial charge in [-0.2, -0.15) is 5.16 Å². The third-order valence-corrected chi connectivity index (χ3v) is 0. The van der Waals surface area contributed by atoms with Crippen molar-refractivity contribution in [2.75, 3.05) is 0 Å². The zero-order valence-electron chi connectivity index (χ0n) is 5.38. The van der Waals surface area contributed by atoms with Crippen LogP contribution in [-0.2, 0) is 32.1 Å². The molecule has 0 aromatic carbocycles. The van der Waals surface area contributed by atoms with Gasteiger partial charge in [0.2, 0.25) is 0 Å². The molecule has 0 saturated carbocycles. The predicted molar refractivity (Wildman–Crippen MR) is 32.6 cm³/mol. The molecule has 0 amide bonds. The molecular formula is C3H7CdN2O2S-. The van der Waals surface area contributed by atoms with Crippen molar-refractivity contribution < 1.29 is 37.2 Å². The van der Waals surface area contributed by atoms with Crippen molar-refractivity contribution in [3.8, 4) is 0 Å². The van der Waals surface area contributed by atoms with E-state index in [0.29, 0.717) is 0 Å². The Morgan fingerprint density at radius 2 is 1.78 bits per heavy atom. The number of hydrogen-bond acceptors (Lipinski definition) is 3. The summed E-state index contributed by atoms with van der Waals surface area (Å²) in [6.45, 7) is 0.972. The zero-order chi connectivity index (χ0) is 6.28. The van der Waals surface area contributed by atoms with Crippen molar-refractivity contribution in [2.24, 2.45) is 0 Å². The van der Waals surface area contributed by atoms with Gasteiger partial charge in [-0.3, -0.25) is 0 Å². The Kier molecular flexibility index (Phi) is 61.6. The number of carbonyl (C=O) groups is 1. The number of thiocarbonyl (C=S) groups is 1. The second-order valence-corrected chi connectivity index (χ2v) is 0.765. The molecule has 0 bridgehead atoms. The van der Waals surface area contributed by atoms with Crippen LogP contribution in [0.1, 0.15) is 6.92 Å². The van der Waals surface area contributed by atoms with E-state index in [1.807, 2.05) is 0 Å². The quantitative estimate of drug-likeness (QED) is 0.364. The summed E-state index contributed by atoms with van der Waals surface area (Å²) < 4.78 is 0. The fourth-order valence-corrected chi connectivity index (χ4v) is 0. The third kappa shape index (κ3) is 13300. The second-order valence-electron chi connectivity index (χ2n) is 0.583. The fraction of sp³-hybridized carbons (Fsp3) is 0.333. The molecule has 0 radical (unpaired) electrons. The van der Waals surface area contributed by atoms with Crippen LogP contribution in [0.25, 0.3) is 5.41 Å². The van der Waals surface area contributed by atoms with Gasteiger partial charge in [-0.15, -0.1) is 0 Å². The van der Waals surface area contributed by atoms with E-state index in [0.717, 1.165) is 6.92 Å². The van der Waals surface area contributed by atoms with Crippen LogP contribution >= 0.6 is 12.2 Å². The molecule has 0 aliphatic heterocycles. The number of aliphatic carboxylic acids is 1. The number of rotatable bonds is 0. The molecule has 0 saturated heterocycles. The molecular weight excluding hydrogens is 241 g/mol. The normalized spacial score (nSPS) is 3.67. The van der Waals surface area contributed by atoms with Gasteiger partial charge in [0.25, 0.3) is 0 Å². The van der Waals surface area contributed by atoms with E-state index in [1.165, 1.54) is 5.16 Å². The van der Waals surface area contributed by atoms with Gasteiger partial charge in [-0.1, -0.05) is 12.2 Å². The summed E-state index contributed by atoms with van der Waals surface area (Å²) in [5.74, 6) is -1.08. The van der Waals surface area contributed by atoms with Gasteiger partial charge in [-0.25, -0.2) is 0 Å². The molecule has 6 heteroatoms. The van der Waals surface area contributed by atoms with Crippen LogP contribution in [0.5, 0.6) is 0 Å². The van der Waals surface area contributed by atoms with Crippen LogP contribution in [0.15, 0.2) is 0 Å². The van der Waals surface area contributed by atoms with Crippen molar-refractivity contribution >= 4 is 23.3 Å². The number of carboxylic acids is 1. The van der Waals surface area contributed by atoms with E-state index in [1.54, 1.807) is 0 Å². The maximum absolute atomic E-state index is 8.89. The van der Waals surface area contributed by atoms with Crippen LogP contribution < -0.4 is 11.3 Å². The molecule has 0 aromatic heterocycles. The van der Waals surface area contributed by atoms with Gasteiger partial charge in [0.15, 0.2) is 0 Å². The minimum atomic E-state index is -1.08. The van der Waals surface area contributed by atoms with Gasteiger partial charge in [0.05, 0.1) is 0 Å². The summed E-state index contributed by atoms with van der Waals surface area (Å²) in [6.07, 6.45) is 0. The summed E-state index contributed by atoms with van der Waals surface area (Å²) in [5.41, 5.74) is 0. The van der Waals surface area contributed by atoms with Crippen molar-refractivity contribution in [1.29, 1.82) is 0 Å². The number of quaternary nitrogens is 1.